The summed E-state index contributed by atoms with van der Waals surface area (Å²) in [6.45, 7) is 2.86. The Bertz CT molecular complexity index is 1350. The molecule has 1 aliphatic rings. The quantitative estimate of drug-likeness (QED) is 0.198. The first-order chi connectivity index (χ1) is 18.3. The van der Waals surface area contributed by atoms with Crippen LogP contribution in [0.3, 0.4) is 0 Å². The molecule has 4 rings (SSSR count). The second-order valence-corrected chi connectivity index (χ2v) is 12.0. The van der Waals surface area contributed by atoms with E-state index in [9.17, 15) is 22.0 Å². The molecule has 3 aromatic rings. The van der Waals surface area contributed by atoms with Crippen molar-refractivity contribution < 1.29 is 22.0 Å². The molecule has 0 amide bonds. The zero-order valence-corrected chi connectivity index (χ0v) is 22.7. The molecule has 0 bridgehead atoms. The molecule has 8 heteroatoms. The number of carbonyl (C=O) groups is 1. The van der Waals surface area contributed by atoms with Gasteiger partial charge in [0.25, 0.3) is 0 Å². The lowest BCUT2D eigenvalue weighted by Crippen LogP contribution is -2.27. The smallest absolute Gasteiger partial charge is 0.217 e. The summed E-state index contributed by atoms with van der Waals surface area (Å²) in [6, 6.07) is 15.3. The van der Waals surface area contributed by atoms with Crippen LogP contribution >= 0.6 is 0 Å². The Hall–Kier alpha value is -2.84. The number of halogens is 2. The first-order valence-corrected chi connectivity index (χ1v) is 15.1. The van der Waals surface area contributed by atoms with Gasteiger partial charge in [0, 0.05) is 36.5 Å². The molecular formula is C30H36F2N2O3S. The second kappa shape index (κ2) is 12.8. The van der Waals surface area contributed by atoms with E-state index in [1.54, 1.807) is 6.07 Å². The topological polar surface area (TPSA) is 68.2 Å². The lowest BCUT2D eigenvalue weighted by atomic mass is 9.95. The summed E-state index contributed by atoms with van der Waals surface area (Å²) in [6.07, 6.45) is 6.07. The van der Waals surface area contributed by atoms with Gasteiger partial charge in [-0.2, -0.15) is 0 Å². The molecule has 1 aromatic heterocycles. The number of nitrogens with zero attached hydrogens (tertiary/aromatic N) is 1. The van der Waals surface area contributed by atoms with E-state index >= 15 is 0 Å². The summed E-state index contributed by atoms with van der Waals surface area (Å²) in [4.78, 5) is 13.6. The Morgan fingerprint density at radius 3 is 2.42 bits per heavy atom. The molecule has 2 aromatic carbocycles. The van der Waals surface area contributed by atoms with Crippen molar-refractivity contribution in [3.63, 3.8) is 0 Å². The van der Waals surface area contributed by atoms with Gasteiger partial charge in [0.15, 0.2) is 17.4 Å². The largest absolute Gasteiger partial charge is 0.342 e. The summed E-state index contributed by atoms with van der Waals surface area (Å²) < 4.78 is 57.7. The van der Waals surface area contributed by atoms with Crippen molar-refractivity contribution in [2.45, 2.75) is 76.5 Å². The maximum Gasteiger partial charge on any atom is 0.217 e. The predicted octanol–water partition coefficient (Wildman–Crippen LogP) is 6.51. The number of carbonyl (C=O) groups excluding carboxylic acids is 1. The van der Waals surface area contributed by atoms with E-state index in [4.69, 9.17) is 0 Å². The lowest BCUT2D eigenvalue weighted by Gasteiger charge is -2.19. The highest BCUT2D eigenvalue weighted by Gasteiger charge is 2.30. The minimum Gasteiger partial charge on any atom is -0.342 e. The summed E-state index contributed by atoms with van der Waals surface area (Å²) in [5, 5.41) is 0. The van der Waals surface area contributed by atoms with Gasteiger partial charge in [-0.15, -0.1) is 0 Å². The van der Waals surface area contributed by atoms with Gasteiger partial charge >= 0.3 is 0 Å². The summed E-state index contributed by atoms with van der Waals surface area (Å²) in [5.74, 6) is -2.00. The Balaban J connectivity index is 1.70. The molecule has 0 saturated heterocycles. The molecule has 0 aliphatic heterocycles. The van der Waals surface area contributed by atoms with Crippen molar-refractivity contribution in [1.82, 2.24) is 9.29 Å². The highest BCUT2D eigenvalue weighted by Crippen LogP contribution is 2.38. The van der Waals surface area contributed by atoms with Crippen LogP contribution in [0.4, 0.5) is 8.78 Å². The number of aryl methyl sites for hydroxylation is 1. The zero-order chi connectivity index (χ0) is 27.1. The zero-order valence-electron chi connectivity index (χ0n) is 21.9. The molecule has 0 unspecified atom stereocenters. The predicted molar refractivity (Wildman–Crippen MR) is 146 cm³/mol. The van der Waals surface area contributed by atoms with E-state index in [1.807, 2.05) is 41.8 Å². The minimum absolute atomic E-state index is 0.110. The van der Waals surface area contributed by atoms with E-state index in [1.165, 1.54) is 6.07 Å². The van der Waals surface area contributed by atoms with Crippen molar-refractivity contribution in [3.8, 4) is 0 Å². The molecule has 1 heterocycles. The molecule has 1 saturated carbocycles. The number of ketones is 1. The highest BCUT2D eigenvalue weighted by atomic mass is 32.2. The van der Waals surface area contributed by atoms with Gasteiger partial charge in [-0.1, -0.05) is 62.6 Å². The number of hydrogen-bond acceptors (Lipinski definition) is 3. The fourth-order valence-electron chi connectivity index (χ4n) is 5.29. The number of benzene rings is 2. The molecule has 1 aliphatic carbocycles. The third-order valence-electron chi connectivity index (χ3n) is 7.27. The number of sulfonamides is 1. The molecule has 0 radical (unpaired) electrons. The average Bonchev–Trinajstić information content (AvgIpc) is 3.53. The summed E-state index contributed by atoms with van der Waals surface area (Å²) in [5.41, 5.74) is 3.62. The molecule has 1 N–H and O–H groups in total. The van der Waals surface area contributed by atoms with E-state index in [-0.39, 0.29) is 30.3 Å². The summed E-state index contributed by atoms with van der Waals surface area (Å²) >= 11 is 0. The van der Waals surface area contributed by atoms with E-state index in [0.717, 1.165) is 61.9 Å². The van der Waals surface area contributed by atoms with Crippen molar-refractivity contribution >= 4 is 15.8 Å². The van der Waals surface area contributed by atoms with Crippen LogP contribution in [0, 0.1) is 11.6 Å². The molecular weight excluding hydrogens is 506 g/mol. The lowest BCUT2D eigenvalue weighted by molar-refractivity contribution is 0.0981. The van der Waals surface area contributed by atoms with Gasteiger partial charge < -0.3 is 4.57 Å². The Labute approximate surface area is 224 Å². The van der Waals surface area contributed by atoms with Gasteiger partial charge in [0.1, 0.15) is 5.75 Å². The number of aromatic nitrogens is 1. The Morgan fingerprint density at radius 2 is 1.74 bits per heavy atom. The first kappa shape index (κ1) is 28.2. The third kappa shape index (κ3) is 7.17. The van der Waals surface area contributed by atoms with E-state index in [2.05, 4.69) is 4.72 Å². The Morgan fingerprint density at radius 1 is 1.00 bits per heavy atom. The van der Waals surface area contributed by atoms with Crippen LogP contribution in [-0.2, 0) is 28.7 Å². The maximum absolute atomic E-state index is 13.7. The number of rotatable bonds is 13. The first-order valence-electron chi connectivity index (χ1n) is 13.5. The third-order valence-corrected chi connectivity index (χ3v) is 8.58. The fourth-order valence-corrected chi connectivity index (χ4v) is 6.48. The Kier molecular flexibility index (Phi) is 9.49. The average molecular weight is 543 g/mol. The maximum atomic E-state index is 13.7. The number of Topliss-reactive ketones (excluding diaryl/α,β-unsaturated/α-hetero) is 1. The molecule has 38 heavy (non-hydrogen) atoms. The van der Waals surface area contributed by atoms with Crippen molar-refractivity contribution in [3.05, 3.63) is 94.3 Å². The molecule has 1 fully saturated rings. The standard InChI is InChI=1S/C30H36F2N2O3S/c1-2-3-17-33-38(36,37)21-25-19-26(29(35)16-14-22-13-15-27(31)28(32)18-22)30(24-11-7-8-12-24)34(25)20-23-9-5-4-6-10-23/h4-6,9-10,13,15,18-19,24,33H,2-3,7-8,11-12,14,16-17,20-21H2,1H3. The second-order valence-electron chi connectivity index (χ2n) is 10.2. The van der Waals surface area contributed by atoms with Gasteiger partial charge in [0.05, 0.1) is 0 Å². The van der Waals surface area contributed by atoms with Crippen molar-refractivity contribution in [2.24, 2.45) is 0 Å². The van der Waals surface area contributed by atoms with Crippen LogP contribution in [0.2, 0.25) is 0 Å². The van der Waals surface area contributed by atoms with Crippen LogP contribution in [-0.4, -0.2) is 25.3 Å². The molecule has 5 nitrogen and oxygen atoms in total. The molecule has 204 valence electrons. The van der Waals surface area contributed by atoms with Gasteiger partial charge in [-0.25, -0.2) is 21.9 Å². The number of nitrogens with one attached hydrogen (secondary N) is 1. The van der Waals surface area contributed by atoms with Crippen LogP contribution in [0.15, 0.2) is 54.6 Å². The monoisotopic (exact) mass is 542 g/mol. The van der Waals surface area contributed by atoms with Crippen LogP contribution in [0.1, 0.15) is 90.7 Å². The van der Waals surface area contributed by atoms with Crippen LogP contribution < -0.4 is 4.72 Å². The fraction of sp³-hybridized carbons (Fsp3) is 0.433. The van der Waals surface area contributed by atoms with Gasteiger partial charge in [0.2, 0.25) is 10.0 Å². The number of hydrogen-bond donors (Lipinski definition) is 1. The van der Waals surface area contributed by atoms with Crippen LogP contribution in [0.25, 0.3) is 0 Å². The molecule has 0 spiro atoms. The normalized spacial score (nSPS) is 14.3. The highest BCUT2D eigenvalue weighted by molar-refractivity contribution is 7.88. The SMILES string of the molecule is CCCCNS(=O)(=O)Cc1cc(C(=O)CCc2ccc(F)c(F)c2)c(C2CCCC2)n1Cc1ccccc1. The van der Waals surface area contributed by atoms with Crippen molar-refractivity contribution in [1.29, 1.82) is 0 Å². The number of unbranched alkanes of at least 4 members (excludes halogenated alkanes) is 1. The molecule has 0 atom stereocenters. The van der Waals surface area contributed by atoms with E-state index < -0.39 is 21.7 Å². The van der Waals surface area contributed by atoms with Crippen LogP contribution in [0.5, 0.6) is 0 Å². The summed E-state index contributed by atoms with van der Waals surface area (Å²) in [7, 11) is -3.60. The van der Waals surface area contributed by atoms with Crippen molar-refractivity contribution in [2.75, 3.05) is 6.54 Å². The van der Waals surface area contributed by atoms with Gasteiger partial charge in [-0.3, -0.25) is 4.79 Å². The van der Waals surface area contributed by atoms with E-state index in [0.29, 0.717) is 29.9 Å². The minimum atomic E-state index is -3.60. The van der Waals surface area contributed by atoms with Gasteiger partial charge in [-0.05, 0) is 60.9 Å².